The Balaban J connectivity index is 3.34. The molecule has 0 unspecified atom stereocenters. The van der Waals surface area contributed by atoms with Gasteiger partial charge in [-0.25, -0.2) is 3.17 Å². The van der Waals surface area contributed by atoms with Crippen molar-refractivity contribution in [2.45, 2.75) is 6.92 Å². The first-order valence-electron chi connectivity index (χ1n) is 1.60. The standard InChI is InChI=1S/C3H5INO2/c1-3(2)5(6)7-4/h1H2,2H3/q-1. The molecule has 0 N–H and O–H groups in total. The highest BCUT2D eigenvalue weighted by Gasteiger charge is 1.81. The van der Waals surface area contributed by atoms with Crippen molar-refractivity contribution in [2.24, 2.45) is 0 Å². The quantitative estimate of drug-likeness (QED) is 0.517. The first-order valence-corrected chi connectivity index (χ1v) is 2.48. The van der Waals surface area contributed by atoms with Crippen LogP contribution in [-0.2, 0) is 3.17 Å². The van der Waals surface area contributed by atoms with Crippen molar-refractivity contribution in [3.63, 3.8) is 0 Å². The molecule has 0 heterocycles. The Morgan fingerprint density at radius 1 is 2.00 bits per heavy atom. The molecule has 3 nitrogen and oxygen atoms in total. The molecule has 0 bridgehead atoms. The second kappa shape index (κ2) is 3.23. The Morgan fingerprint density at radius 3 is 2.43 bits per heavy atom. The van der Waals surface area contributed by atoms with Crippen LogP contribution in [0.25, 0.3) is 0 Å². The van der Waals surface area contributed by atoms with Gasteiger partial charge in [0.2, 0.25) is 0 Å². The summed E-state index contributed by atoms with van der Waals surface area (Å²) in [5, 5.41) is 10.4. The van der Waals surface area contributed by atoms with E-state index in [1.54, 1.807) is 6.92 Å². The Labute approximate surface area is 56.2 Å². The van der Waals surface area contributed by atoms with Gasteiger partial charge in [-0.2, -0.15) is 0 Å². The maximum Gasteiger partial charge on any atom is 0.144 e. The van der Waals surface area contributed by atoms with Crippen LogP contribution in [0.15, 0.2) is 12.3 Å². The number of hydrogen-bond acceptors (Lipinski definition) is 3. The van der Waals surface area contributed by atoms with Crippen LogP contribution in [0.2, 0.25) is 0 Å². The van der Waals surface area contributed by atoms with Crippen molar-refractivity contribution in [1.82, 2.24) is 5.23 Å². The van der Waals surface area contributed by atoms with E-state index in [9.17, 15) is 5.21 Å². The largest absolute Gasteiger partial charge is 0.733 e. The molecule has 0 spiro atoms. The van der Waals surface area contributed by atoms with E-state index in [2.05, 4.69) is 9.75 Å². The first-order chi connectivity index (χ1) is 3.18. The lowest BCUT2D eigenvalue weighted by atomic mass is 10.6. The zero-order valence-corrected chi connectivity index (χ0v) is 6.01. The number of hydrogen-bond donors (Lipinski definition) is 0. The van der Waals surface area contributed by atoms with E-state index in [0.29, 0.717) is 10.9 Å². The maximum absolute atomic E-state index is 10.1. The van der Waals surface area contributed by atoms with E-state index in [1.807, 2.05) is 0 Å². The third-order valence-corrected chi connectivity index (χ3v) is 0.732. The number of allylic oxidation sites excluding steroid dienone is 1. The van der Waals surface area contributed by atoms with Crippen molar-refractivity contribution in [3.8, 4) is 0 Å². The van der Waals surface area contributed by atoms with Gasteiger partial charge in [0.15, 0.2) is 0 Å². The zero-order chi connectivity index (χ0) is 5.86. The van der Waals surface area contributed by atoms with Crippen LogP contribution in [0, 0.1) is 5.21 Å². The van der Waals surface area contributed by atoms with E-state index in [-0.39, 0.29) is 0 Å². The normalized spacial score (nSPS) is 8.43. The molecule has 0 rings (SSSR count). The number of hydroxylamine groups is 2. The highest BCUT2D eigenvalue weighted by molar-refractivity contribution is 14.1. The van der Waals surface area contributed by atoms with E-state index in [1.165, 1.54) is 23.0 Å². The average molecular weight is 214 g/mol. The smallest absolute Gasteiger partial charge is 0.144 e. The molecular formula is C3H5INO2-. The van der Waals surface area contributed by atoms with Crippen molar-refractivity contribution in [1.29, 1.82) is 0 Å². The third kappa shape index (κ3) is 2.84. The topological polar surface area (TPSA) is 35.5 Å². The summed E-state index contributed by atoms with van der Waals surface area (Å²) in [5.74, 6) is 0. The van der Waals surface area contributed by atoms with E-state index in [0.717, 1.165) is 0 Å². The van der Waals surface area contributed by atoms with Crippen LogP contribution in [0.4, 0.5) is 0 Å². The van der Waals surface area contributed by atoms with Gasteiger partial charge in [-0.3, -0.25) is 0 Å². The van der Waals surface area contributed by atoms with E-state index >= 15 is 0 Å². The van der Waals surface area contributed by atoms with Gasteiger partial charge in [-0.05, 0) is 6.92 Å². The molecule has 0 aliphatic carbocycles. The highest BCUT2D eigenvalue weighted by atomic mass is 127. The molecule has 0 aromatic rings. The lowest BCUT2D eigenvalue weighted by Crippen LogP contribution is -2.06. The SMILES string of the molecule is C=C(C)N([O-])OI. The summed E-state index contributed by atoms with van der Waals surface area (Å²) in [6.07, 6.45) is 0. The van der Waals surface area contributed by atoms with Crippen molar-refractivity contribution >= 4 is 23.0 Å². The Morgan fingerprint density at radius 2 is 2.43 bits per heavy atom. The fourth-order valence-corrected chi connectivity index (χ4v) is 0.395. The van der Waals surface area contributed by atoms with Crippen LogP contribution < -0.4 is 0 Å². The molecule has 0 aliphatic heterocycles. The molecule has 0 aromatic heterocycles. The summed E-state index contributed by atoms with van der Waals surface area (Å²) in [7, 11) is 0. The average Bonchev–Trinajstić information content (AvgIpc) is 1.65. The molecule has 0 fully saturated rings. The van der Waals surface area contributed by atoms with Gasteiger partial charge in [0.05, 0.1) is 0 Å². The predicted octanol–water partition coefficient (Wildman–Crippen LogP) is 1.60. The molecule has 0 saturated heterocycles. The molecule has 42 valence electrons. The van der Waals surface area contributed by atoms with Crippen LogP contribution in [0.5, 0.6) is 0 Å². The molecule has 0 aliphatic rings. The molecule has 0 radical (unpaired) electrons. The lowest BCUT2D eigenvalue weighted by Gasteiger charge is -2.24. The maximum atomic E-state index is 10.1. The second-order valence-electron chi connectivity index (χ2n) is 1.06. The van der Waals surface area contributed by atoms with Gasteiger partial charge in [0.25, 0.3) is 0 Å². The minimum Gasteiger partial charge on any atom is -0.733 e. The minimum atomic E-state index is 0.334. The fraction of sp³-hybridized carbons (Fsp3) is 0.333. The Kier molecular flexibility index (Phi) is 3.31. The van der Waals surface area contributed by atoms with Gasteiger partial charge in [0, 0.05) is 5.70 Å². The van der Waals surface area contributed by atoms with Crippen molar-refractivity contribution < 1.29 is 3.17 Å². The summed E-state index contributed by atoms with van der Waals surface area (Å²) < 4.78 is 4.16. The molecule has 7 heavy (non-hydrogen) atoms. The molecule has 0 aromatic carbocycles. The first kappa shape index (κ1) is 7.19. The minimum absolute atomic E-state index is 0.334. The second-order valence-corrected chi connectivity index (χ2v) is 1.46. The zero-order valence-electron chi connectivity index (χ0n) is 3.85. The number of nitrogens with zero attached hydrogens (tertiary/aromatic N) is 1. The molecule has 0 amide bonds. The van der Waals surface area contributed by atoms with E-state index < -0.39 is 0 Å². The summed E-state index contributed by atoms with van der Waals surface area (Å²) in [5.41, 5.74) is 0.342. The molecular weight excluding hydrogens is 209 g/mol. The van der Waals surface area contributed by atoms with Crippen molar-refractivity contribution in [3.05, 3.63) is 17.5 Å². The van der Waals surface area contributed by atoms with Crippen molar-refractivity contribution in [2.75, 3.05) is 0 Å². The number of halogens is 1. The van der Waals surface area contributed by atoms with E-state index in [4.69, 9.17) is 0 Å². The molecule has 0 atom stereocenters. The van der Waals surface area contributed by atoms with Gasteiger partial charge in [-0.1, -0.05) is 6.58 Å². The van der Waals surface area contributed by atoms with Gasteiger partial charge < -0.3 is 10.4 Å². The summed E-state index contributed by atoms with van der Waals surface area (Å²) in [6, 6.07) is 0. The van der Waals surface area contributed by atoms with Crippen LogP contribution in [0.1, 0.15) is 6.92 Å². The summed E-state index contributed by atoms with van der Waals surface area (Å²) in [6.45, 7) is 4.87. The monoisotopic (exact) mass is 214 g/mol. The summed E-state index contributed by atoms with van der Waals surface area (Å²) in [4.78, 5) is 0. The van der Waals surface area contributed by atoms with Crippen LogP contribution in [-0.4, -0.2) is 5.23 Å². The summed E-state index contributed by atoms with van der Waals surface area (Å²) >= 11 is 1.48. The molecule has 0 saturated carbocycles. The molecule has 4 heteroatoms. The highest BCUT2D eigenvalue weighted by Crippen LogP contribution is 2.01. The Hall–Kier alpha value is 0.190. The van der Waals surface area contributed by atoms with Gasteiger partial charge in [0.1, 0.15) is 23.0 Å². The van der Waals surface area contributed by atoms with Crippen LogP contribution in [0.3, 0.4) is 0 Å². The fourth-order valence-electron chi connectivity index (χ4n) is 0.0589. The third-order valence-electron chi connectivity index (χ3n) is 0.374. The lowest BCUT2D eigenvalue weighted by molar-refractivity contribution is 0.0953. The Bertz CT molecular complexity index is 75.3. The van der Waals surface area contributed by atoms with Crippen LogP contribution >= 0.6 is 23.0 Å². The predicted molar refractivity (Wildman–Crippen MR) is 35.1 cm³/mol. The number of rotatable bonds is 2. The van der Waals surface area contributed by atoms with Gasteiger partial charge in [-0.15, -0.1) is 0 Å². The van der Waals surface area contributed by atoms with Gasteiger partial charge >= 0.3 is 0 Å².